The molecule has 0 aliphatic rings. The molecule has 0 saturated carbocycles. The van der Waals surface area contributed by atoms with E-state index in [9.17, 15) is 9.59 Å². The van der Waals surface area contributed by atoms with Gasteiger partial charge in [-0.1, -0.05) is 26.0 Å². The van der Waals surface area contributed by atoms with Gasteiger partial charge < -0.3 is 15.1 Å². The monoisotopic (exact) mass is 291 g/mol. The summed E-state index contributed by atoms with van der Waals surface area (Å²) in [5.74, 6) is -0.613. The van der Waals surface area contributed by atoms with Gasteiger partial charge in [0, 0.05) is 27.7 Å². The van der Waals surface area contributed by atoms with Crippen molar-refractivity contribution in [1.29, 1.82) is 0 Å². The molecular formula is C16H25N3O2. The second-order valence-electron chi connectivity index (χ2n) is 5.77. The SMILES string of the molecule is CC(C)CCN(C)C(=O)C(=O)Nc1ccccc1N(C)C. The van der Waals surface area contributed by atoms with Crippen LogP contribution in [0.25, 0.3) is 0 Å². The van der Waals surface area contributed by atoms with E-state index in [4.69, 9.17) is 0 Å². The molecule has 116 valence electrons. The maximum atomic E-state index is 12.1. The lowest BCUT2D eigenvalue weighted by Gasteiger charge is -2.20. The number of amides is 2. The first-order valence-corrected chi connectivity index (χ1v) is 7.15. The first-order valence-electron chi connectivity index (χ1n) is 7.15. The predicted molar refractivity (Wildman–Crippen MR) is 86.5 cm³/mol. The van der Waals surface area contributed by atoms with Gasteiger partial charge in [0.2, 0.25) is 0 Å². The van der Waals surface area contributed by atoms with E-state index in [0.29, 0.717) is 18.2 Å². The molecule has 21 heavy (non-hydrogen) atoms. The van der Waals surface area contributed by atoms with Crippen molar-refractivity contribution in [2.45, 2.75) is 20.3 Å². The highest BCUT2D eigenvalue weighted by Crippen LogP contribution is 2.23. The number of hydrogen-bond donors (Lipinski definition) is 1. The van der Waals surface area contributed by atoms with Crippen LogP contribution in [0.2, 0.25) is 0 Å². The highest BCUT2D eigenvalue weighted by Gasteiger charge is 2.19. The molecule has 1 aromatic carbocycles. The fourth-order valence-electron chi connectivity index (χ4n) is 1.87. The summed E-state index contributed by atoms with van der Waals surface area (Å²) < 4.78 is 0. The van der Waals surface area contributed by atoms with E-state index in [1.165, 1.54) is 4.90 Å². The van der Waals surface area contributed by atoms with Crippen molar-refractivity contribution in [3.8, 4) is 0 Å². The topological polar surface area (TPSA) is 52.7 Å². The fourth-order valence-corrected chi connectivity index (χ4v) is 1.87. The summed E-state index contributed by atoms with van der Waals surface area (Å²) in [5, 5.41) is 2.69. The minimum absolute atomic E-state index is 0.498. The number of likely N-dealkylation sites (N-methyl/N-ethyl adjacent to an activating group) is 1. The van der Waals surface area contributed by atoms with Crippen LogP contribution in [0.4, 0.5) is 11.4 Å². The average molecular weight is 291 g/mol. The van der Waals surface area contributed by atoms with E-state index in [1.54, 1.807) is 13.1 Å². The van der Waals surface area contributed by atoms with Crippen LogP contribution in [0.3, 0.4) is 0 Å². The van der Waals surface area contributed by atoms with Crippen molar-refractivity contribution in [3.63, 3.8) is 0 Å². The van der Waals surface area contributed by atoms with Gasteiger partial charge in [-0.25, -0.2) is 0 Å². The molecule has 1 rings (SSSR count). The van der Waals surface area contributed by atoms with Crippen LogP contribution in [-0.4, -0.2) is 44.4 Å². The van der Waals surface area contributed by atoms with Gasteiger partial charge in [0.15, 0.2) is 0 Å². The lowest BCUT2D eigenvalue weighted by molar-refractivity contribution is -0.142. The Balaban J connectivity index is 2.70. The van der Waals surface area contributed by atoms with Crippen molar-refractivity contribution in [2.24, 2.45) is 5.92 Å². The van der Waals surface area contributed by atoms with Crippen LogP contribution in [0.1, 0.15) is 20.3 Å². The Hall–Kier alpha value is -2.04. The number of nitrogens with one attached hydrogen (secondary N) is 1. The summed E-state index contributed by atoms with van der Waals surface area (Å²) in [5.41, 5.74) is 1.50. The number of benzene rings is 1. The Morgan fingerprint density at radius 2 is 1.76 bits per heavy atom. The van der Waals surface area contributed by atoms with Gasteiger partial charge in [-0.2, -0.15) is 0 Å². The van der Waals surface area contributed by atoms with Crippen molar-refractivity contribution in [1.82, 2.24) is 4.90 Å². The van der Waals surface area contributed by atoms with E-state index in [-0.39, 0.29) is 0 Å². The zero-order valence-electron chi connectivity index (χ0n) is 13.5. The van der Waals surface area contributed by atoms with E-state index in [2.05, 4.69) is 19.2 Å². The van der Waals surface area contributed by atoms with Gasteiger partial charge in [-0.15, -0.1) is 0 Å². The zero-order valence-corrected chi connectivity index (χ0v) is 13.5. The first-order chi connectivity index (χ1) is 9.82. The van der Waals surface area contributed by atoms with Gasteiger partial charge in [0.05, 0.1) is 11.4 Å². The van der Waals surface area contributed by atoms with E-state index < -0.39 is 11.8 Å². The molecule has 5 heteroatoms. The lowest BCUT2D eigenvalue weighted by atomic mass is 10.1. The molecular weight excluding hydrogens is 266 g/mol. The van der Waals surface area contributed by atoms with Crippen molar-refractivity contribution in [2.75, 3.05) is 37.9 Å². The highest BCUT2D eigenvalue weighted by molar-refractivity contribution is 6.39. The molecule has 2 amide bonds. The van der Waals surface area contributed by atoms with Gasteiger partial charge in [-0.05, 0) is 24.5 Å². The average Bonchev–Trinajstić information content (AvgIpc) is 2.44. The maximum absolute atomic E-state index is 12.1. The molecule has 0 bridgehead atoms. The normalized spacial score (nSPS) is 10.4. The number of anilines is 2. The summed E-state index contributed by atoms with van der Waals surface area (Å²) in [6.07, 6.45) is 0.879. The maximum Gasteiger partial charge on any atom is 0.313 e. The van der Waals surface area contributed by atoms with Crippen LogP contribution in [0.15, 0.2) is 24.3 Å². The third-order valence-electron chi connectivity index (χ3n) is 3.22. The minimum Gasteiger partial charge on any atom is -0.376 e. The van der Waals surface area contributed by atoms with Gasteiger partial charge >= 0.3 is 11.8 Å². The van der Waals surface area contributed by atoms with Crippen LogP contribution in [0.5, 0.6) is 0 Å². The van der Waals surface area contributed by atoms with Crippen molar-refractivity contribution < 1.29 is 9.59 Å². The lowest BCUT2D eigenvalue weighted by Crippen LogP contribution is -2.38. The Morgan fingerprint density at radius 1 is 1.14 bits per heavy atom. The standard InChI is InChI=1S/C16H25N3O2/c1-12(2)10-11-19(5)16(21)15(20)17-13-8-6-7-9-14(13)18(3)4/h6-9,12H,10-11H2,1-5H3,(H,17,20). The smallest absolute Gasteiger partial charge is 0.313 e. The Kier molecular flexibility index (Phi) is 6.21. The molecule has 5 nitrogen and oxygen atoms in total. The van der Waals surface area contributed by atoms with E-state index in [0.717, 1.165) is 12.1 Å². The van der Waals surface area contributed by atoms with Crippen LogP contribution >= 0.6 is 0 Å². The number of hydrogen-bond acceptors (Lipinski definition) is 3. The zero-order chi connectivity index (χ0) is 16.0. The summed E-state index contributed by atoms with van der Waals surface area (Å²) in [4.78, 5) is 27.5. The molecule has 0 aliphatic carbocycles. The summed E-state index contributed by atoms with van der Waals surface area (Å²) in [6.45, 7) is 4.76. The number of rotatable bonds is 5. The van der Waals surface area contributed by atoms with Crippen LogP contribution < -0.4 is 10.2 Å². The summed E-state index contributed by atoms with van der Waals surface area (Å²) >= 11 is 0. The van der Waals surface area contributed by atoms with E-state index >= 15 is 0 Å². The second-order valence-corrected chi connectivity index (χ2v) is 5.77. The number of carbonyl (C=O) groups is 2. The predicted octanol–water partition coefficient (Wildman–Crippen LogP) is 2.20. The minimum atomic E-state index is -0.601. The number of para-hydroxylation sites is 2. The second kappa shape index (κ2) is 7.67. The number of carbonyl (C=O) groups excluding carboxylic acids is 2. The fraction of sp³-hybridized carbons (Fsp3) is 0.500. The van der Waals surface area contributed by atoms with Crippen molar-refractivity contribution in [3.05, 3.63) is 24.3 Å². The molecule has 1 N–H and O–H groups in total. The van der Waals surface area contributed by atoms with Gasteiger partial charge in [-0.3, -0.25) is 9.59 Å². The molecule has 0 radical (unpaired) electrons. The molecule has 0 atom stereocenters. The Labute approximate surface area is 126 Å². The summed E-state index contributed by atoms with van der Waals surface area (Å²) in [6, 6.07) is 7.40. The Bertz CT molecular complexity index is 498. The molecule has 0 fully saturated rings. The van der Waals surface area contributed by atoms with Crippen LogP contribution in [-0.2, 0) is 9.59 Å². The first kappa shape index (κ1) is 17.0. The van der Waals surface area contributed by atoms with Crippen LogP contribution in [0, 0.1) is 5.92 Å². The third kappa shape index (κ3) is 5.10. The molecule has 0 aliphatic heterocycles. The molecule has 1 aromatic rings. The molecule has 0 aromatic heterocycles. The van der Waals surface area contributed by atoms with Crippen molar-refractivity contribution >= 4 is 23.2 Å². The molecule has 0 spiro atoms. The highest BCUT2D eigenvalue weighted by atomic mass is 16.2. The third-order valence-corrected chi connectivity index (χ3v) is 3.22. The molecule has 0 unspecified atom stereocenters. The molecule has 0 heterocycles. The molecule has 0 saturated heterocycles. The summed E-state index contributed by atoms with van der Waals surface area (Å²) in [7, 11) is 5.44. The van der Waals surface area contributed by atoms with Gasteiger partial charge in [0.25, 0.3) is 0 Å². The quantitative estimate of drug-likeness (QED) is 0.846. The largest absolute Gasteiger partial charge is 0.376 e. The Morgan fingerprint density at radius 3 is 2.33 bits per heavy atom. The van der Waals surface area contributed by atoms with E-state index in [1.807, 2.05) is 37.2 Å². The van der Waals surface area contributed by atoms with Gasteiger partial charge in [0.1, 0.15) is 0 Å². The number of nitrogens with zero attached hydrogens (tertiary/aromatic N) is 2.